The highest BCUT2D eigenvalue weighted by atomic mass is 31.0. The summed E-state index contributed by atoms with van der Waals surface area (Å²) in [6.07, 6.45) is 6.46. The maximum absolute atomic E-state index is 6.49. The number of hydrogen-bond donors (Lipinski definition) is 0. The molecule has 4 rings (SSSR count). The largest absolute Gasteiger partial charge is 0.544 e. The number of nitrogens with zero attached hydrogens (tertiary/aromatic N) is 2. The van der Waals surface area contributed by atoms with Crippen LogP contribution in [0.15, 0.2) is 42.5 Å². The summed E-state index contributed by atoms with van der Waals surface area (Å²) in [7, 11) is 0.960. The van der Waals surface area contributed by atoms with Crippen LogP contribution in [0.3, 0.4) is 0 Å². The van der Waals surface area contributed by atoms with Gasteiger partial charge in [-0.25, -0.2) is 4.98 Å². The summed E-state index contributed by atoms with van der Waals surface area (Å²) in [6.45, 7) is 11.4. The van der Waals surface area contributed by atoms with E-state index >= 15 is 0 Å². The fourth-order valence-corrected chi connectivity index (χ4v) is 5.43. The predicted molar refractivity (Wildman–Crippen MR) is 134 cm³/mol. The Morgan fingerprint density at radius 3 is 2.30 bits per heavy atom. The summed E-state index contributed by atoms with van der Waals surface area (Å²) in [4.78, 5) is 5.08. The maximum Gasteiger partial charge on any atom is 0.250 e. The molecule has 3 aromatic rings. The van der Waals surface area contributed by atoms with Gasteiger partial charge >= 0.3 is 0 Å². The monoisotopic (exact) mass is 438 g/mol. The Bertz CT molecular complexity index is 1030. The van der Waals surface area contributed by atoms with Gasteiger partial charge in [0.15, 0.2) is 0 Å². The van der Waals surface area contributed by atoms with Crippen LogP contribution < -0.4 is 9.73 Å². The second-order valence-electron chi connectivity index (χ2n) is 10.2. The fraction of sp³-hybridized carbons (Fsp3) is 0.480. The molecule has 160 valence electrons. The summed E-state index contributed by atoms with van der Waals surface area (Å²) in [6, 6.07) is 15.7. The highest BCUT2D eigenvalue weighted by Crippen LogP contribution is 2.39. The molecule has 5 heteroatoms. The number of benzene rings is 2. The van der Waals surface area contributed by atoms with Crippen molar-refractivity contribution in [2.45, 2.75) is 77.0 Å². The minimum Gasteiger partial charge on any atom is -0.544 e. The topological polar surface area (TPSA) is 27.1 Å². The third-order valence-electron chi connectivity index (χ3n) is 6.95. The van der Waals surface area contributed by atoms with Crippen LogP contribution in [-0.2, 0) is 0 Å². The average molecular weight is 439 g/mol. The number of aromatic nitrogens is 2. The first-order valence-corrected chi connectivity index (χ1v) is 14.7. The zero-order chi connectivity index (χ0) is 21.5. The molecular weight excluding hydrogens is 403 g/mol. The van der Waals surface area contributed by atoms with E-state index in [-0.39, 0.29) is 5.04 Å². The molecule has 0 amide bonds. The van der Waals surface area contributed by atoms with E-state index in [1.54, 1.807) is 0 Å². The lowest BCUT2D eigenvalue weighted by Gasteiger charge is -2.36. The van der Waals surface area contributed by atoms with Gasteiger partial charge in [-0.3, -0.25) is 0 Å². The Morgan fingerprint density at radius 2 is 1.67 bits per heavy atom. The molecule has 1 fully saturated rings. The quantitative estimate of drug-likeness (QED) is 0.321. The molecular formula is C25H35N2OPSi. The van der Waals surface area contributed by atoms with E-state index in [4.69, 9.17) is 9.41 Å². The van der Waals surface area contributed by atoms with E-state index < -0.39 is 8.32 Å². The van der Waals surface area contributed by atoms with Crippen molar-refractivity contribution in [1.82, 2.24) is 9.55 Å². The summed E-state index contributed by atoms with van der Waals surface area (Å²) < 4.78 is 8.99. The van der Waals surface area contributed by atoms with Crippen molar-refractivity contribution in [3.05, 3.63) is 42.5 Å². The molecule has 30 heavy (non-hydrogen) atoms. The Morgan fingerprint density at radius 1 is 1.00 bits per heavy atom. The lowest BCUT2D eigenvalue weighted by molar-refractivity contribution is 0.362. The van der Waals surface area contributed by atoms with Crippen LogP contribution >= 0.6 is 9.24 Å². The van der Waals surface area contributed by atoms with Gasteiger partial charge in [0.25, 0.3) is 0 Å². The second kappa shape index (κ2) is 8.13. The van der Waals surface area contributed by atoms with Crippen molar-refractivity contribution in [1.29, 1.82) is 0 Å². The lowest BCUT2D eigenvalue weighted by atomic mass is 9.95. The average Bonchev–Trinajstić information content (AvgIpc) is 3.06. The molecule has 1 aliphatic rings. The van der Waals surface area contributed by atoms with Crippen molar-refractivity contribution < 1.29 is 4.43 Å². The zero-order valence-corrected chi connectivity index (χ0v) is 21.2. The van der Waals surface area contributed by atoms with Gasteiger partial charge in [0.05, 0.1) is 11.0 Å². The van der Waals surface area contributed by atoms with Gasteiger partial charge in [-0.05, 0) is 72.7 Å². The minimum absolute atomic E-state index is 0.191. The molecule has 1 atom stereocenters. The van der Waals surface area contributed by atoms with Gasteiger partial charge in [-0.1, -0.05) is 46.1 Å². The normalized spacial score (nSPS) is 16.2. The van der Waals surface area contributed by atoms with Crippen LogP contribution in [0.1, 0.15) is 58.9 Å². The van der Waals surface area contributed by atoms with E-state index in [0.717, 1.165) is 17.1 Å². The van der Waals surface area contributed by atoms with Crippen LogP contribution in [0.2, 0.25) is 18.1 Å². The van der Waals surface area contributed by atoms with Gasteiger partial charge in [0, 0.05) is 11.6 Å². The Hall–Kier alpha value is -1.64. The van der Waals surface area contributed by atoms with Crippen molar-refractivity contribution in [2.75, 3.05) is 0 Å². The number of rotatable bonds is 4. The first-order chi connectivity index (χ1) is 14.2. The molecule has 1 aromatic heterocycles. The first kappa shape index (κ1) is 21.6. The first-order valence-electron chi connectivity index (χ1n) is 11.2. The van der Waals surface area contributed by atoms with Crippen LogP contribution in [0.5, 0.6) is 5.75 Å². The molecule has 1 saturated carbocycles. The van der Waals surface area contributed by atoms with Crippen LogP contribution in [0.4, 0.5) is 0 Å². The van der Waals surface area contributed by atoms with E-state index in [9.17, 15) is 0 Å². The molecule has 0 N–H and O–H groups in total. The molecule has 1 unspecified atom stereocenters. The van der Waals surface area contributed by atoms with Gasteiger partial charge in [-0.2, -0.15) is 0 Å². The van der Waals surface area contributed by atoms with Crippen LogP contribution in [0, 0.1) is 0 Å². The summed E-state index contributed by atoms with van der Waals surface area (Å²) in [5.41, 5.74) is 3.51. The number of hydrogen-bond acceptors (Lipinski definition) is 2. The Kier molecular flexibility index (Phi) is 5.85. The van der Waals surface area contributed by atoms with Gasteiger partial charge in [0.1, 0.15) is 11.6 Å². The van der Waals surface area contributed by atoms with Crippen LogP contribution in [0.25, 0.3) is 22.4 Å². The molecule has 0 aliphatic heterocycles. The van der Waals surface area contributed by atoms with Crippen molar-refractivity contribution in [2.24, 2.45) is 0 Å². The molecule has 1 aliphatic carbocycles. The molecule has 1 heterocycles. The van der Waals surface area contributed by atoms with E-state index in [2.05, 4.69) is 90.1 Å². The number of fused-ring (bicyclic) bond motifs is 1. The van der Waals surface area contributed by atoms with E-state index in [1.165, 1.54) is 48.5 Å². The molecule has 0 saturated heterocycles. The third-order valence-corrected chi connectivity index (χ3v) is 11.7. The fourth-order valence-electron chi connectivity index (χ4n) is 4.15. The van der Waals surface area contributed by atoms with Crippen molar-refractivity contribution in [3.8, 4) is 17.1 Å². The maximum atomic E-state index is 6.49. The van der Waals surface area contributed by atoms with Gasteiger partial charge in [-0.15, -0.1) is 9.24 Å². The van der Waals surface area contributed by atoms with E-state index in [0.29, 0.717) is 6.04 Å². The molecule has 3 nitrogen and oxygen atoms in total. The smallest absolute Gasteiger partial charge is 0.250 e. The number of imidazole rings is 1. The van der Waals surface area contributed by atoms with Gasteiger partial charge in [0.2, 0.25) is 8.32 Å². The summed E-state index contributed by atoms with van der Waals surface area (Å²) in [5, 5.41) is 1.37. The van der Waals surface area contributed by atoms with Crippen molar-refractivity contribution >= 4 is 33.9 Å². The molecule has 0 bridgehead atoms. The molecule has 0 spiro atoms. The lowest BCUT2D eigenvalue weighted by Crippen LogP contribution is -2.43. The summed E-state index contributed by atoms with van der Waals surface area (Å²) in [5.74, 6) is 2.06. The van der Waals surface area contributed by atoms with Crippen molar-refractivity contribution in [3.63, 3.8) is 0 Å². The molecule has 0 radical (unpaired) electrons. The zero-order valence-electron chi connectivity index (χ0n) is 19.0. The standard InChI is InChI=1S/C25H35N2OPSi/c1-25(2,3)30(4,5)28-20-13-11-18(12-14-20)24-26-22-17-21(29)15-16-23(22)27(24)19-9-7-6-8-10-19/h11-17,19H,6-10,29H2,1-5H3. The predicted octanol–water partition coefficient (Wildman–Crippen LogP) is 7.09. The third kappa shape index (κ3) is 4.22. The second-order valence-corrected chi connectivity index (χ2v) is 15.6. The highest BCUT2D eigenvalue weighted by molar-refractivity contribution is 7.27. The Labute approximate surface area is 184 Å². The minimum atomic E-state index is -1.84. The Balaban J connectivity index is 1.72. The SMILES string of the molecule is CC(C)(C)[Si](C)(C)Oc1ccc(-c2nc3cc(P)ccc3n2C2CCCCC2)cc1. The molecule has 2 aromatic carbocycles. The van der Waals surface area contributed by atoms with Crippen LogP contribution in [-0.4, -0.2) is 17.9 Å². The van der Waals surface area contributed by atoms with E-state index in [1.807, 2.05) is 0 Å². The van der Waals surface area contributed by atoms with Gasteiger partial charge < -0.3 is 8.99 Å². The highest BCUT2D eigenvalue weighted by Gasteiger charge is 2.39. The summed E-state index contributed by atoms with van der Waals surface area (Å²) >= 11 is 0.